The van der Waals surface area contributed by atoms with Crippen LogP contribution in [0.2, 0.25) is 0 Å². The van der Waals surface area contributed by atoms with Gasteiger partial charge in [-0.25, -0.2) is 13.9 Å². The number of benzene rings is 1. The number of carbonyl (C=O) groups is 1. The van der Waals surface area contributed by atoms with Crippen LogP contribution in [0, 0.1) is 5.82 Å². The highest BCUT2D eigenvalue weighted by atomic mass is 19.1. The van der Waals surface area contributed by atoms with Crippen LogP contribution in [0.15, 0.2) is 29.1 Å². The molecule has 0 spiro atoms. The average Bonchev–Trinajstić information content (AvgIpc) is 2.66. The Morgan fingerprint density at radius 1 is 1.30 bits per heavy atom. The fraction of sp³-hybridized carbons (Fsp3) is 0.450. The molecule has 7 heteroatoms. The Morgan fingerprint density at radius 3 is 2.67 bits per heavy atom. The van der Waals surface area contributed by atoms with Crippen molar-refractivity contribution in [1.82, 2.24) is 9.78 Å². The van der Waals surface area contributed by atoms with Crippen LogP contribution in [0.5, 0.6) is 5.75 Å². The summed E-state index contributed by atoms with van der Waals surface area (Å²) in [5.41, 5.74) is -0.617. The largest absolute Gasteiger partial charge is 0.505 e. The van der Waals surface area contributed by atoms with Gasteiger partial charge in [0.15, 0.2) is 11.3 Å². The Morgan fingerprint density at radius 2 is 2.00 bits per heavy atom. The van der Waals surface area contributed by atoms with Gasteiger partial charge in [-0.2, -0.15) is 5.10 Å². The summed E-state index contributed by atoms with van der Waals surface area (Å²) in [6.45, 7) is 1.57. The highest BCUT2D eigenvalue weighted by Gasteiger charge is 2.29. The Hall–Kier alpha value is -2.70. The van der Waals surface area contributed by atoms with Gasteiger partial charge in [0, 0.05) is 11.5 Å². The lowest BCUT2D eigenvalue weighted by molar-refractivity contribution is 0.0519. The van der Waals surface area contributed by atoms with E-state index >= 15 is 0 Å². The summed E-state index contributed by atoms with van der Waals surface area (Å²) in [6.07, 6.45) is 4.73. The molecule has 1 aromatic carbocycles. The lowest BCUT2D eigenvalue weighted by atomic mass is 9.86. The third-order valence-electron chi connectivity index (χ3n) is 4.91. The molecule has 1 saturated carbocycles. The molecule has 0 saturated heterocycles. The van der Waals surface area contributed by atoms with E-state index in [9.17, 15) is 19.1 Å². The van der Waals surface area contributed by atoms with Crippen LogP contribution in [0.3, 0.4) is 0 Å². The molecule has 1 aliphatic carbocycles. The number of rotatable bonds is 5. The Balaban J connectivity index is 2.11. The van der Waals surface area contributed by atoms with Crippen LogP contribution in [0.4, 0.5) is 4.39 Å². The van der Waals surface area contributed by atoms with Gasteiger partial charge in [-0.05, 0) is 25.8 Å². The Labute approximate surface area is 156 Å². The van der Waals surface area contributed by atoms with E-state index in [4.69, 9.17) is 4.74 Å². The number of carbonyl (C=O) groups excluding carboxylic acids is 1. The molecule has 1 aliphatic rings. The summed E-state index contributed by atoms with van der Waals surface area (Å²) in [6, 6.07) is 6.08. The molecule has 0 amide bonds. The smallest absolute Gasteiger partial charge is 0.347 e. The summed E-state index contributed by atoms with van der Waals surface area (Å²) in [5, 5.41) is 14.9. The lowest BCUT2D eigenvalue weighted by Crippen LogP contribution is -2.32. The van der Waals surface area contributed by atoms with Gasteiger partial charge < -0.3 is 9.84 Å². The fourth-order valence-corrected chi connectivity index (χ4v) is 3.51. The van der Waals surface area contributed by atoms with E-state index in [1.54, 1.807) is 25.1 Å². The molecule has 0 bridgehead atoms. The number of nitrogens with zero attached hydrogens (tertiary/aromatic N) is 2. The number of hydrogen-bond acceptors (Lipinski definition) is 5. The van der Waals surface area contributed by atoms with Crippen molar-refractivity contribution in [3.8, 4) is 5.75 Å². The van der Waals surface area contributed by atoms with Crippen LogP contribution in [-0.4, -0.2) is 27.5 Å². The first-order valence-electron chi connectivity index (χ1n) is 9.27. The zero-order chi connectivity index (χ0) is 19.4. The van der Waals surface area contributed by atoms with Gasteiger partial charge in [-0.3, -0.25) is 4.79 Å². The Kier molecular flexibility index (Phi) is 5.88. The standard InChI is InChI=1S/C20H23FN2O4/c1-2-27-20(26)16-18(24)17(13-8-4-3-5-9-13)22-23(19(16)25)12-14-10-6-7-11-15(14)21/h6-7,10-11,13,24H,2-5,8-9,12H2,1H3. The summed E-state index contributed by atoms with van der Waals surface area (Å²) in [7, 11) is 0. The highest BCUT2D eigenvalue weighted by molar-refractivity contribution is 5.92. The monoisotopic (exact) mass is 374 g/mol. The Bertz CT molecular complexity index is 888. The number of hydrogen-bond donors (Lipinski definition) is 1. The van der Waals surface area contributed by atoms with Crippen molar-refractivity contribution in [3.63, 3.8) is 0 Å². The van der Waals surface area contributed by atoms with E-state index in [0.717, 1.165) is 36.8 Å². The van der Waals surface area contributed by atoms with Gasteiger partial charge >= 0.3 is 5.97 Å². The maximum atomic E-state index is 14.0. The second-order valence-corrected chi connectivity index (χ2v) is 6.72. The van der Waals surface area contributed by atoms with E-state index in [1.807, 2.05) is 0 Å². The first-order chi connectivity index (χ1) is 13.0. The van der Waals surface area contributed by atoms with Crippen molar-refractivity contribution in [1.29, 1.82) is 0 Å². The van der Waals surface area contributed by atoms with Crippen molar-refractivity contribution < 1.29 is 19.0 Å². The lowest BCUT2D eigenvalue weighted by Gasteiger charge is -2.23. The summed E-state index contributed by atoms with van der Waals surface area (Å²) >= 11 is 0. The van der Waals surface area contributed by atoms with Gasteiger partial charge in [0.05, 0.1) is 13.2 Å². The summed E-state index contributed by atoms with van der Waals surface area (Å²) in [4.78, 5) is 25.1. The molecule has 144 valence electrons. The first kappa shape index (κ1) is 19.1. The van der Waals surface area contributed by atoms with Crippen molar-refractivity contribution in [2.75, 3.05) is 6.61 Å². The van der Waals surface area contributed by atoms with Crippen LogP contribution >= 0.6 is 0 Å². The fourth-order valence-electron chi connectivity index (χ4n) is 3.51. The second-order valence-electron chi connectivity index (χ2n) is 6.72. The molecule has 1 N–H and O–H groups in total. The van der Waals surface area contributed by atoms with Gasteiger partial charge in [0.2, 0.25) is 0 Å². The van der Waals surface area contributed by atoms with Crippen LogP contribution in [0.1, 0.15) is 66.6 Å². The molecule has 0 atom stereocenters. The minimum atomic E-state index is -0.887. The average molecular weight is 374 g/mol. The van der Waals surface area contributed by atoms with Crippen LogP contribution in [0.25, 0.3) is 0 Å². The van der Waals surface area contributed by atoms with Crippen LogP contribution < -0.4 is 5.56 Å². The number of ether oxygens (including phenoxy) is 1. The van der Waals surface area contributed by atoms with E-state index in [-0.39, 0.29) is 24.6 Å². The van der Waals surface area contributed by atoms with Crippen molar-refractivity contribution >= 4 is 5.97 Å². The van der Waals surface area contributed by atoms with E-state index in [2.05, 4.69) is 5.10 Å². The summed E-state index contributed by atoms with van der Waals surface area (Å²) < 4.78 is 20.0. The second kappa shape index (κ2) is 8.33. The van der Waals surface area contributed by atoms with E-state index in [1.165, 1.54) is 6.07 Å². The minimum Gasteiger partial charge on any atom is -0.505 e. The number of aromatic hydroxyl groups is 1. The summed E-state index contributed by atoms with van der Waals surface area (Å²) in [5.74, 6) is -1.80. The quantitative estimate of drug-likeness (QED) is 0.812. The zero-order valence-electron chi connectivity index (χ0n) is 15.3. The molecular formula is C20H23FN2O4. The van der Waals surface area contributed by atoms with Gasteiger partial charge in [0.25, 0.3) is 5.56 Å². The topological polar surface area (TPSA) is 81.4 Å². The highest BCUT2D eigenvalue weighted by Crippen LogP contribution is 2.36. The van der Waals surface area contributed by atoms with Gasteiger partial charge in [-0.15, -0.1) is 0 Å². The van der Waals surface area contributed by atoms with E-state index in [0.29, 0.717) is 5.69 Å². The first-order valence-corrected chi connectivity index (χ1v) is 9.27. The van der Waals surface area contributed by atoms with E-state index < -0.39 is 28.7 Å². The molecule has 0 aliphatic heterocycles. The molecule has 0 radical (unpaired) electrons. The third-order valence-corrected chi connectivity index (χ3v) is 4.91. The molecule has 1 fully saturated rings. The predicted octanol–water partition coefficient (Wildman–Crippen LogP) is 3.36. The SMILES string of the molecule is CCOC(=O)c1c(O)c(C2CCCCC2)nn(Cc2ccccc2F)c1=O. The molecule has 1 heterocycles. The molecule has 1 aromatic heterocycles. The normalized spacial score (nSPS) is 14.9. The number of aromatic nitrogens is 2. The molecule has 3 rings (SSSR count). The van der Waals surface area contributed by atoms with Crippen molar-refractivity contribution in [2.24, 2.45) is 0 Å². The molecule has 2 aromatic rings. The zero-order valence-corrected chi connectivity index (χ0v) is 15.3. The maximum Gasteiger partial charge on any atom is 0.347 e. The van der Waals surface area contributed by atoms with Gasteiger partial charge in [-0.1, -0.05) is 37.5 Å². The molecule has 0 unspecified atom stereocenters. The number of esters is 1. The third kappa shape index (κ3) is 4.02. The maximum absolute atomic E-state index is 14.0. The molecule has 6 nitrogen and oxygen atoms in total. The minimum absolute atomic E-state index is 0.0422. The van der Waals surface area contributed by atoms with Crippen molar-refractivity contribution in [2.45, 2.75) is 51.5 Å². The number of halogens is 1. The van der Waals surface area contributed by atoms with Gasteiger partial charge in [0.1, 0.15) is 11.5 Å². The predicted molar refractivity (Wildman–Crippen MR) is 97.4 cm³/mol. The van der Waals surface area contributed by atoms with Crippen LogP contribution in [-0.2, 0) is 11.3 Å². The molecule has 27 heavy (non-hydrogen) atoms. The van der Waals surface area contributed by atoms with Crippen molar-refractivity contribution in [3.05, 3.63) is 57.3 Å². The molecular weight excluding hydrogens is 351 g/mol.